The van der Waals surface area contributed by atoms with Gasteiger partial charge >= 0.3 is 0 Å². The Morgan fingerprint density at radius 2 is 1.96 bits per heavy atom. The van der Waals surface area contributed by atoms with Gasteiger partial charge < -0.3 is 0 Å². The molecule has 23 heavy (non-hydrogen) atoms. The summed E-state index contributed by atoms with van der Waals surface area (Å²) in [5.41, 5.74) is 3.50. The maximum atomic E-state index is 12.7. The van der Waals surface area contributed by atoms with Gasteiger partial charge in [-0.2, -0.15) is 0 Å². The normalized spacial score (nSPS) is 42.0. The molecule has 0 aromatic rings. The summed E-state index contributed by atoms with van der Waals surface area (Å²) in [5, 5.41) is 0. The number of hydrogen-bond acceptors (Lipinski definition) is 2. The fourth-order valence-electron chi connectivity index (χ4n) is 5.16. The van der Waals surface area contributed by atoms with E-state index in [4.69, 9.17) is 0 Å². The summed E-state index contributed by atoms with van der Waals surface area (Å²) in [7, 11) is 0. The van der Waals surface area contributed by atoms with Crippen LogP contribution in [0.3, 0.4) is 0 Å². The number of carbonyl (C=O) groups is 2. The van der Waals surface area contributed by atoms with Crippen LogP contribution in [0.4, 0.5) is 0 Å². The predicted molar refractivity (Wildman–Crippen MR) is 90.6 cm³/mol. The maximum Gasteiger partial charge on any atom is 0.169 e. The molecule has 4 atom stereocenters. The van der Waals surface area contributed by atoms with Crippen molar-refractivity contribution >= 4 is 11.6 Å². The molecule has 4 aliphatic carbocycles. The molecule has 0 unspecified atom stereocenters. The minimum atomic E-state index is -0.408. The smallest absolute Gasteiger partial charge is 0.169 e. The molecule has 0 spiro atoms. The molecule has 0 aromatic heterocycles. The number of rotatable bonds is 0. The molecule has 0 amide bonds. The molecule has 0 heterocycles. The Kier molecular flexibility index (Phi) is 2.74. The second kappa shape index (κ2) is 4.31. The van der Waals surface area contributed by atoms with Crippen LogP contribution in [-0.4, -0.2) is 11.6 Å². The third-order valence-electron chi connectivity index (χ3n) is 6.65. The van der Waals surface area contributed by atoms with E-state index in [2.05, 4.69) is 45.2 Å². The molecular formula is C21H22O2. The van der Waals surface area contributed by atoms with Crippen molar-refractivity contribution in [3.63, 3.8) is 0 Å². The molecule has 1 fully saturated rings. The van der Waals surface area contributed by atoms with E-state index in [-0.39, 0.29) is 28.8 Å². The molecule has 1 saturated carbocycles. The van der Waals surface area contributed by atoms with E-state index in [0.29, 0.717) is 12.0 Å². The van der Waals surface area contributed by atoms with Crippen molar-refractivity contribution in [2.75, 3.05) is 0 Å². The lowest BCUT2D eigenvalue weighted by Gasteiger charge is -2.49. The first kappa shape index (κ1) is 14.6. The number of fused-ring (bicyclic) bond motifs is 5. The highest BCUT2D eigenvalue weighted by molar-refractivity contribution is 6.07. The highest BCUT2D eigenvalue weighted by Gasteiger charge is 2.57. The lowest BCUT2D eigenvalue weighted by Crippen LogP contribution is -2.43. The van der Waals surface area contributed by atoms with Crippen LogP contribution in [0.25, 0.3) is 0 Å². The Hall–Kier alpha value is -1.96. The highest BCUT2D eigenvalue weighted by atomic mass is 16.1. The standard InChI is InChI=1S/C21H22O2/c1-12-13(2)19(23)21(4)10-8-17-16(18(12)21)6-5-14-11-15(22)7-9-20(14,17)3/h5-6,8,11,16,18H,1-2,7,9-10H2,3-4H3/t16-,18+,20+,21+/m1/s1. The van der Waals surface area contributed by atoms with Gasteiger partial charge in [0, 0.05) is 34.7 Å². The van der Waals surface area contributed by atoms with Crippen LogP contribution < -0.4 is 0 Å². The van der Waals surface area contributed by atoms with Gasteiger partial charge in [0.25, 0.3) is 0 Å². The van der Waals surface area contributed by atoms with Crippen LogP contribution in [-0.2, 0) is 9.59 Å². The average molecular weight is 306 g/mol. The quantitative estimate of drug-likeness (QED) is 0.498. The molecule has 4 rings (SSSR count). The largest absolute Gasteiger partial charge is 0.295 e. The number of ketones is 2. The fraction of sp³-hybridized carbons (Fsp3) is 0.429. The molecule has 2 nitrogen and oxygen atoms in total. The summed E-state index contributed by atoms with van der Waals surface area (Å²) in [5.74, 6) is 0.673. The van der Waals surface area contributed by atoms with E-state index < -0.39 is 5.41 Å². The average Bonchev–Trinajstić information content (AvgIpc) is 2.69. The van der Waals surface area contributed by atoms with E-state index in [1.165, 1.54) is 5.57 Å². The van der Waals surface area contributed by atoms with Crippen LogP contribution in [0.1, 0.15) is 33.1 Å². The van der Waals surface area contributed by atoms with Crippen molar-refractivity contribution in [2.24, 2.45) is 22.7 Å². The van der Waals surface area contributed by atoms with Crippen LogP contribution in [0, 0.1) is 22.7 Å². The van der Waals surface area contributed by atoms with Gasteiger partial charge in [0.1, 0.15) is 0 Å². The first-order valence-corrected chi connectivity index (χ1v) is 8.35. The van der Waals surface area contributed by atoms with E-state index in [1.807, 2.05) is 0 Å². The third-order valence-corrected chi connectivity index (χ3v) is 6.65. The van der Waals surface area contributed by atoms with Crippen molar-refractivity contribution in [1.82, 2.24) is 0 Å². The van der Waals surface area contributed by atoms with E-state index in [9.17, 15) is 9.59 Å². The van der Waals surface area contributed by atoms with Crippen molar-refractivity contribution in [2.45, 2.75) is 33.1 Å². The van der Waals surface area contributed by atoms with E-state index in [0.717, 1.165) is 24.0 Å². The van der Waals surface area contributed by atoms with Gasteiger partial charge in [-0.15, -0.1) is 0 Å². The first-order chi connectivity index (χ1) is 10.8. The van der Waals surface area contributed by atoms with Gasteiger partial charge in [-0.05, 0) is 30.1 Å². The van der Waals surface area contributed by atoms with Gasteiger partial charge in [0.05, 0.1) is 0 Å². The summed E-state index contributed by atoms with van der Waals surface area (Å²) < 4.78 is 0. The lowest BCUT2D eigenvalue weighted by molar-refractivity contribution is -0.124. The topological polar surface area (TPSA) is 34.1 Å². The number of carbonyl (C=O) groups excluding carboxylic acids is 2. The van der Waals surface area contributed by atoms with Crippen LogP contribution in [0.15, 0.2) is 59.8 Å². The van der Waals surface area contributed by atoms with Crippen molar-refractivity contribution in [1.29, 1.82) is 0 Å². The summed E-state index contributed by atoms with van der Waals surface area (Å²) >= 11 is 0. The van der Waals surface area contributed by atoms with Gasteiger partial charge in [-0.25, -0.2) is 0 Å². The lowest BCUT2D eigenvalue weighted by atomic mass is 9.54. The summed E-state index contributed by atoms with van der Waals surface area (Å²) in [4.78, 5) is 24.5. The highest BCUT2D eigenvalue weighted by Crippen LogP contribution is 2.62. The zero-order valence-corrected chi connectivity index (χ0v) is 13.8. The third kappa shape index (κ3) is 1.64. The molecule has 0 N–H and O–H groups in total. The van der Waals surface area contributed by atoms with Gasteiger partial charge in [0.15, 0.2) is 11.6 Å². The summed E-state index contributed by atoms with van der Waals surface area (Å²) in [6.45, 7) is 12.5. The van der Waals surface area contributed by atoms with Gasteiger partial charge in [0.2, 0.25) is 0 Å². The monoisotopic (exact) mass is 306 g/mol. The Morgan fingerprint density at radius 3 is 2.70 bits per heavy atom. The minimum absolute atomic E-state index is 0.0814. The summed E-state index contributed by atoms with van der Waals surface area (Å²) in [6, 6.07) is 0. The second-order valence-corrected chi connectivity index (χ2v) is 7.87. The molecule has 118 valence electrons. The van der Waals surface area contributed by atoms with Crippen LogP contribution >= 0.6 is 0 Å². The van der Waals surface area contributed by atoms with Crippen LogP contribution in [0.5, 0.6) is 0 Å². The zero-order valence-electron chi connectivity index (χ0n) is 13.8. The van der Waals surface area contributed by atoms with Gasteiger partial charge in [-0.1, -0.05) is 50.8 Å². The van der Waals surface area contributed by atoms with Crippen LogP contribution in [0.2, 0.25) is 0 Å². The Morgan fingerprint density at radius 1 is 1.22 bits per heavy atom. The van der Waals surface area contributed by atoms with Crippen molar-refractivity contribution < 1.29 is 9.59 Å². The van der Waals surface area contributed by atoms with Crippen molar-refractivity contribution in [3.05, 3.63) is 59.8 Å². The SMILES string of the molecule is C=C1C(=C)[C@H]2[C@@H]3C=CC4=CC(=O)CC[C@]4(C)C3=CC[C@]2(C)C1=O. The number of hydrogen-bond donors (Lipinski definition) is 0. The van der Waals surface area contributed by atoms with E-state index >= 15 is 0 Å². The summed E-state index contributed by atoms with van der Waals surface area (Å²) in [6.07, 6.45) is 10.5. The zero-order chi connectivity index (χ0) is 16.6. The molecule has 4 aliphatic rings. The molecule has 0 aliphatic heterocycles. The second-order valence-electron chi connectivity index (χ2n) is 7.87. The molecule has 0 saturated heterocycles. The Labute approximate surface area is 137 Å². The maximum absolute atomic E-state index is 12.7. The molecule has 0 radical (unpaired) electrons. The Balaban J connectivity index is 1.88. The van der Waals surface area contributed by atoms with E-state index in [1.54, 1.807) is 6.08 Å². The molecular weight excluding hydrogens is 284 g/mol. The Bertz CT molecular complexity index is 776. The first-order valence-electron chi connectivity index (χ1n) is 8.35. The number of Topliss-reactive ketones (excluding diaryl/α,β-unsaturated/α-hetero) is 1. The molecule has 0 bridgehead atoms. The molecule has 2 heteroatoms. The van der Waals surface area contributed by atoms with Gasteiger partial charge in [-0.3, -0.25) is 9.59 Å². The minimum Gasteiger partial charge on any atom is -0.295 e. The fourth-order valence-corrected chi connectivity index (χ4v) is 5.16. The molecule has 0 aromatic carbocycles. The van der Waals surface area contributed by atoms with Crippen molar-refractivity contribution in [3.8, 4) is 0 Å². The predicted octanol–water partition coefficient (Wildman–Crippen LogP) is 4.12. The number of allylic oxidation sites excluding steroid dienone is 8.